The summed E-state index contributed by atoms with van der Waals surface area (Å²) in [6.45, 7) is 0. The summed E-state index contributed by atoms with van der Waals surface area (Å²) >= 11 is 0. The largest absolute Gasteiger partial charge is 0.437 e. The minimum atomic E-state index is 0.714. The second kappa shape index (κ2) is 4.17. The molecule has 4 nitrogen and oxygen atoms in total. The van der Waals surface area contributed by atoms with Gasteiger partial charge in [-0.15, -0.1) is 0 Å². The van der Waals surface area contributed by atoms with Crippen LogP contribution in [-0.2, 0) is 6.42 Å². The van der Waals surface area contributed by atoms with E-state index in [0.717, 1.165) is 34.5 Å². The maximum absolute atomic E-state index is 6.15. The third-order valence-electron chi connectivity index (χ3n) is 4.91. The first kappa shape index (κ1) is 12.2. The van der Waals surface area contributed by atoms with Gasteiger partial charge >= 0.3 is 0 Å². The van der Waals surface area contributed by atoms with Crippen molar-refractivity contribution < 1.29 is 4.74 Å². The van der Waals surface area contributed by atoms with Gasteiger partial charge in [-0.05, 0) is 35.0 Å². The summed E-state index contributed by atoms with van der Waals surface area (Å²) in [6, 6.07) is 18.8. The highest BCUT2D eigenvalue weighted by Gasteiger charge is 2.24. The average Bonchev–Trinajstić information content (AvgIpc) is 3.23. The molecule has 0 unspecified atom stereocenters. The number of fused-ring (bicyclic) bond motifs is 8. The molecule has 114 valence electrons. The number of rotatable bonds is 0. The Labute approximate surface area is 137 Å². The number of nitrogens with zero attached hydrogens (tertiary/aromatic N) is 2. The van der Waals surface area contributed by atoms with E-state index >= 15 is 0 Å². The van der Waals surface area contributed by atoms with Gasteiger partial charge in [-0.1, -0.05) is 30.3 Å². The zero-order valence-electron chi connectivity index (χ0n) is 12.8. The molecule has 0 spiro atoms. The quantitative estimate of drug-likeness (QED) is 0.443. The van der Waals surface area contributed by atoms with E-state index in [4.69, 9.17) is 4.74 Å². The Bertz CT molecular complexity index is 1260. The lowest BCUT2D eigenvalue weighted by molar-refractivity contribution is 0.444. The second-order valence-corrected chi connectivity index (χ2v) is 6.21. The average molecular weight is 311 g/mol. The maximum Gasteiger partial charge on any atom is 0.241 e. The highest BCUT2D eigenvalue weighted by molar-refractivity contribution is 5.89. The number of aromatic nitrogens is 3. The van der Waals surface area contributed by atoms with Crippen LogP contribution in [0.25, 0.3) is 27.5 Å². The van der Waals surface area contributed by atoms with E-state index in [1.54, 1.807) is 0 Å². The number of nitrogens with one attached hydrogen (secondary N) is 1. The molecule has 5 aromatic rings. The predicted octanol–water partition coefficient (Wildman–Crippen LogP) is 4.67. The van der Waals surface area contributed by atoms with Gasteiger partial charge < -0.3 is 9.72 Å². The number of benzene rings is 2. The number of imidazole rings is 1. The molecule has 0 saturated carbocycles. The Morgan fingerprint density at radius 2 is 1.96 bits per heavy atom. The van der Waals surface area contributed by atoms with Gasteiger partial charge in [0, 0.05) is 18.2 Å². The van der Waals surface area contributed by atoms with Crippen molar-refractivity contribution in [3.63, 3.8) is 0 Å². The zero-order chi connectivity index (χ0) is 15.7. The van der Waals surface area contributed by atoms with E-state index in [1.165, 1.54) is 16.3 Å². The second-order valence-electron chi connectivity index (χ2n) is 6.21. The van der Waals surface area contributed by atoms with E-state index in [0.29, 0.717) is 5.88 Å². The summed E-state index contributed by atoms with van der Waals surface area (Å²) in [4.78, 5) is 7.96. The first-order valence-corrected chi connectivity index (χ1v) is 8.04. The SMILES string of the molecule is c1ccc2c3c(ccc2c1)Oc1nc2ccc4[nH]ccc4n2c1C3. The summed E-state index contributed by atoms with van der Waals surface area (Å²) in [5.41, 5.74) is 5.50. The van der Waals surface area contributed by atoms with Crippen molar-refractivity contribution >= 4 is 27.5 Å². The number of hydrogen-bond donors (Lipinski definition) is 1. The van der Waals surface area contributed by atoms with Crippen molar-refractivity contribution in [2.24, 2.45) is 0 Å². The van der Waals surface area contributed by atoms with Crippen LogP contribution in [-0.4, -0.2) is 14.4 Å². The lowest BCUT2D eigenvalue weighted by atomic mass is 9.98. The third kappa shape index (κ3) is 1.45. The summed E-state index contributed by atoms with van der Waals surface area (Å²) in [5, 5.41) is 2.49. The molecule has 0 bridgehead atoms. The van der Waals surface area contributed by atoms with E-state index in [2.05, 4.69) is 62.9 Å². The summed E-state index contributed by atoms with van der Waals surface area (Å²) in [7, 11) is 0. The molecule has 0 fully saturated rings. The Hall–Kier alpha value is -3.27. The Kier molecular flexibility index (Phi) is 2.12. The van der Waals surface area contributed by atoms with Crippen LogP contribution in [0.2, 0.25) is 0 Å². The Balaban J connectivity index is 1.69. The third-order valence-corrected chi connectivity index (χ3v) is 4.91. The smallest absolute Gasteiger partial charge is 0.241 e. The summed E-state index contributed by atoms with van der Waals surface area (Å²) in [6.07, 6.45) is 2.78. The van der Waals surface area contributed by atoms with Crippen LogP contribution in [0.4, 0.5) is 0 Å². The van der Waals surface area contributed by atoms with Gasteiger partial charge in [-0.25, -0.2) is 0 Å². The molecule has 1 N–H and O–H groups in total. The molecule has 0 amide bonds. The van der Waals surface area contributed by atoms with Gasteiger partial charge in [-0.2, -0.15) is 4.98 Å². The van der Waals surface area contributed by atoms with Crippen molar-refractivity contribution in [2.75, 3.05) is 0 Å². The van der Waals surface area contributed by atoms with E-state index in [1.807, 2.05) is 12.3 Å². The van der Waals surface area contributed by atoms with E-state index in [9.17, 15) is 0 Å². The fraction of sp³-hybridized carbons (Fsp3) is 0.0500. The highest BCUT2D eigenvalue weighted by Crippen LogP contribution is 2.40. The Morgan fingerprint density at radius 3 is 2.96 bits per heavy atom. The molecular formula is C20H13N3O. The van der Waals surface area contributed by atoms with Crippen molar-refractivity contribution in [3.8, 4) is 11.6 Å². The molecule has 1 aliphatic rings. The Morgan fingerprint density at radius 1 is 1.00 bits per heavy atom. The van der Waals surface area contributed by atoms with E-state index in [-0.39, 0.29) is 0 Å². The molecule has 2 aromatic carbocycles. The molecule has 0 radical (unpaired) electrons. The van der Waals surface area contributed by atoms with Gasteiger partial charge in [0.2, 0.25) is 5.88 Å². The van der Waals surface area contributed by atoms with Crippen LogP contribution in [0.1, 0.15) is 11.3 Å². The molecule has 1 aliphatic heterocycles. The lowest BCUT2D eigenvalue weighted by Crippen LogP contribution is -2.05. The monoisotopic (exact) mass is 311 g/mol. The minimum Gasteiger partial charge on any atom is -0.437 e. The normalized spacial score (nSPS) is 13.2. The topological polar surface area (TPSA) is 42.3 Å². The van der Waals surface area contributed by atoms with Gasteiger partial charge in [0.05, 0.1) is 16.7 Å². The van der Waals surface area contributed by atoms with Gasteiger partial charge in [0.25, 0.3) is 0 Å². The number of H-pyrrole nitrogens is 1. The van der Waals surface area contributed by atoms with Gasteiger partial charge in [0.15, 0.2) is 0 Å². The zero-order valence-corrected chi connectivity index (χ0v) is 12.8. The van der Waals surface area contributed by atoms with Crippen LogP contribution in [0.15, 0.2) is 60.8 Å². The van der Waals surface area contributed by atoms with Crippen LogP contribution < -0.4 is 4.74 Å². The number of hydrogen-bond acceptors (Lipinski definition) is 2. The van der Waals surface area contributed by atoms with Crippen molar-refractivity contribution in [3.05, 3.63) is 72.1 Å². The van der Waals surface area contributed by atoms with Crippen LogP contribution >= 0.6 is 0 Å². The fourth-order valence-corrected chi connectivity index (χ4v) is 3.80. The molecule has 4 heterocycles. The number of ether oxygens (including phenoxy) is 1. The molecule has 3 aromatic heterocycles. The van der Waals surface area contributed by atoms with Crippen molar-refractivity contribution in [1.82, 2.24) is 14.4 Å². The van der Waals surface area contributed by atoms with Crippen molar-refractivity contribution in [2.45, 2.75) is 6.42 Å². The van der Waals surface area contributed by atoms with E-state index < -0.39 is 0 Å². The van der Waals surface area contributed by atoms with Crippen LogP contribution in [0.3, 0.4) is 0 Å². The summed E-state index contributed by atoms with van der Waals surface area (Å²) in [5.74, 6) is 1.63. The molecule has 6 rings (SSSR count). The van der Waals surface area contributed by atoms with Crippen LogP contribution in [0, 0.1) is 0 Å². The first-order valence-electron chi connectivity index (χ1n) is 8.04. The van der Waals surface area contributed by atoms with Crippen molar-refractivity contribution in [1.29, 1.82) is 0 Å². The van der Waals surface area contributed by atoms with Gasteiger partial charge in [-0.3, -0.25) is 4.40 Å². The van der Waals surface area contributed by atoms with Gasteiger partial charge in [0.1, 0.15) is 11.4 Å². The molecular weight excluding hydrogens is 298 g/mol. The standard InChI is InChI=1S/C20H13N3O/c1-2-4-13-12(3-1)5-7-18-14(13)11-17-20(24-18)22-19-8-6-15-16(23(17)19)9-10-21-15/h1-10,21H,11H2. The molecule has 0 saturated heterocycles. The minimum absolute atomic E-state index is 0.714. The highest BCUT2D eigenvalue weighted by atomic mass is 16.5. The lowest BCUT2D eigenvalue weighted by Gasteiger charge is -2.18. The predicted molar refractivity (Wildman–Crippen MR) is 93.9 cm³/mol. The molecule has 4 heteroatoms. The molecule has 0 atom stereocenters. The molecule has 0 aliphatic carbocycles. The van der Waals surface area contributed by atoms with Crippen LogP contribution in [0.5, 0.6) is 11.6 Å². The molecule has 24 heavy (non-hydrogen) atoms. The fourth-order valence-electron chi connectivity index (χ4n) is 3.80. The number of pyridine rings is 1. The first-order chi connectivity index (χ1) is 11.9. The maximum atomic E-state index is 6.15. The summed E-state index contributed by atoms with van der Waals surface area (Å²) < 4.78 is 8.35. The number of aromatic amines is 1.